The molecular weight excluding hydrogens is 292 g/mol. The Morgan fingerprint density at radius 1 is 1.25 bits per heavy atom. The molecule has 0 bridgehead atoms. The summed E-state index contributed by atoms with van der Waals surface area (Å²) in [5.41, 5.74) is 7.06. The van der Waals surface area contributed by atoms with Gasteiger partial charge in [0.05, 0.1) is 0 Å². The van der Waals surface area contributed by atoms with E-state index >= 15 is 0 Å². The van der Waals surface area contributed by atoms with Gasteiger partial charge in [0.25, 0.3) is 0 Å². The molecule has 4 heteroatoms. The largest absolute Gasteiger partial charge is 0.324 e. The van der Waals surface area contributed by atoms with Crippen LogP contribution in [0.2, 0.25) is 0 Å². The van der Waals surface area contributed by atoms with Crippen LogP contribution in [-0.4, -0.2) is 0 Å². The van der Waals surface area contributed by atoms with Crippen molar-refractivity contribution in [2.75, 3.05) is 0 Å². The molecule has 0 unspecified atom stereocenters. The molecule has 1 fully saturated rings. The van der Waals surface area contributed by atoms with E-state index in [2.05, 4.69) is 15.9 Å². The fourth-order valence-electron chi connectivity index (χ4n) is 2.36. The summed E-state index contributed by atoms with van der Waals surface area (Å²) in [4.78, 5) is 0. The molecule has 1 nitrogen and oxygen atoms in total. The highest BCUT2D eigenvalue weighted by Crippen LogP contribution is 2.35. The monoisotopic (exact) mass is 307 g/mol. The normalized spacial score (nSPS) is 18.2. The summed E-state index contributed by atoms with van der Waals surface area (Å²) >= 11 is 3.29. The Kier molecular flexibility index (Phi) is 5.22. The van der Waals surface area contributed by atoms with Crippen LogP contribution in [0.25, 0.3) is 0 Å². The molecule has 1 aliphatic carbocycles. The first-order valence-corrected chi connectivity index (χ1v) is 6.17. The molecule has 1 saturated carbocycles. The zero-order chi connectivity index (χ0) is 10.8. The van der Waals surface area contributed by atoms with Crippen LogP contribution in [0.3, 0.4) is 0 Å². The highest BCUT2D eigenvalue weighted by molar-refractivity contribution is 9.10. The van der Waals surface area contributed by atoms with E-state index in [1.807, 2.05) is 6.07 Å². The van der Waals surface area contributed by atoms with Crippen molar-refractivity contribution in [3.63, 3.8) is 0 Å². The van der Waals surface area contributed by atoms with Crippen molar-refractivity contribution in [1.29, 1.82) is 0 Å². The van der Waals surface area contributed by atoms with Crippen LogP contribution < -0.4 is 5.73 Å². The molecule has 1 aliphatic rings. The summed E-state index contributed by atoms with van der Waals surface area (Å²) in [7, 11) is 0. The Balaban J connectivity index is 0.00000128. The molecular formula is C12H16BrClFN. The van der Waals surface area contributed by atoms with Crippen molar-refractivity contribution < 1.29 is 4.39 Å². The van der Waals surface area contributed by atoms with Gasteiger partial charge in [-0.2, -0.15) is 0 Å². The molecule has 0 saturated heterocycles. The molecule has 2 N–H and O–H groups in total. The lowest BCUT2D eigenvalue weighted by molar-refractivity contribution is 0.443. The zero-order valence-corrected chi connectivity index (χ0v) is 11.4. The highest BCUT2D eigenvalue weighted by Gasteiger charge is 2.23. The molecule has 0 spiro atoms. The van der Waals surface area contributed by atoms with Crippen molar-refractivity contribution in [3.05, 3.63) is 34.1 Å². The summed E-state index contributed by atoms with van der Waals surface area (Å²) in [6.45, 7) is 0. The molecule has 0 amide bonds. The van der Waals surface area contributed by atoms with Gasteiger partial charge in [0.1, 0.15) is 5.82 Å². The van der Waals surface area contributed by atoms with E-state index in [1.54, 1.807) is 6.07 Å². The van der Waals surface area contributed by atoms with Gasteiger partial charge in [0.2, 0.25) is 0 Å². The summed E-state index contributed by atoms with van der Waals surface area (Å²) in [5, 5.41) is 0. The third-order valence-electron chi connectivity index (χ3n) is 3.18. The Morgan fingerprint density at radius 3 is 2.44 bits per heavy atom. The molecule has 90 valence electrons. The van der Waals surface area contributed by atoms with Gasteiger partial charge in [-0.25, -0.2) is 4.39 Å². The Labute approximate surface area is 110 Å². The molecule has 1 atom stereocenters. The lowest BCUT2D eigenvalue weighted by Gasteiger charge is -2.19. The maximum absolute atomic E-state index is 13.2. The molecule has 0 heterocycles. The Hall–Kier alpha value is -0.120. The number of benzene rings is 1. The zero-order valence-electron chi connectivity index (χ0n) is 8.96. The van der Waals surface area contributed by atoms with Crippen molar-refractivity contribution >= 4 is 28.3 Å². The minimum Gasteiger partial charge on any atom is -0.324 e. The third-order valence-corrected chi connectivity index (χ3v) is 3.64. The van der Waals surface area contributed by atoms with E-state index in [4.69, 9.17) is 5.73 Å². The van der Waals surface area contributed by atoms with Crippen LogP contribution in [0.5, 0.6) is 0 Å². The van der Waals surface area contributed by atoms with Gasteiger partial charge in [0.15, 0.2) is 0 Å². The molecule has 0 aliphatic heterocycles. The van der Waals surface area contributed by atoms with Gasteiger partial charge >= 0.3 is 0 Å². The van der Waals surface area contributed by atoms with Gasteiger partial charge in [0, 0.05) is 10.5 Å². The van der Waals surface area contributed by atoms with Gasteiger partial charge < -0.3 is 5.73 Å². The fraction of sp³-hybridized carbons (Fsp3) is 0.500. The average Bonchev–Trinajstić information content (AvgIpc) is 2.67. The van der Waals surface area contributed by atoms with E-state index < -0.39 is 0 Å². The first-order valence-electron chi connectivity index (χ1n) is 5.38. The van der Waals surface area contributed by atoms with E-state index in [0.717, 1.165) is 10.0 Å². The second-order valence-corrected chi connectivity index (χ2v) is 5.19. The van der Waals surface area contributed by atoms with Crippen LogP contribution in [0, 0.1) is 11.7 Å². The van der Waals surface area contributed by atoms with Gasteiger partial charge in [-0.3, -0.25) is 0 Å². The molecule has 0 radical (unpaired) electrons. The molecule has 2 rings (SSSR count). The average molecular weight is 309 g/mol. The minimum atomic E-state index is -0.215. The highest BCUT2D eigenvalue weighted by atomic mass is 79.9. The van der Waals surface area contributed by atoms with Crippen molar-refractivity contribution in [2.45, 2.75) is 31.7 Å². The molecule has 0 aromatic heterocycles. The van der Waals surface area contributed by atoms with Crippen LogP contribution in [0.15, 0.2) is 22.7 Å². The first-order chi connectivity index (χ1) is 7.16. The smallest absolute Gasteiger partial charge is 0.124 e. The van der Waals surface area contributed by atoms with Gasteiger partial charge in [-0.05, 0) is 42.5 Å². The van der Waals surface area contributed by atoms with E-state index in [9.17, 15) is 4.39 Å². The maximum atomic E-state index is 13.2. The summed E-state index contributed by atoms with van der Waals surface area (Å²) in [6.07, 6.45) is 4.87. The predicted octanol–water partition coefficient (Wildman–Crippen LogP) is 4.20. The van der Waals surface area contributed by atoms with Crippen LogP contribution in [0.4, 0.5) is 4.39 Å². The second kappa shape index (κ2) is 5.99. The van der Waals surface area contributed by atoms with E-state index in [0.29, 0.717) is 5.92 Å². The van der Waals surface area contributed by atoms with E-state index in [1.165, 1.54) is 31.7 Å². The fourth-order valence-corrected chi connectivity index (χ4v) is 2.84. The van der Waals surface area contributed by atoms with E-state index in [-0.39, 0.29) is 24.3 Å². The van der Waals surface area contributed by atoms with Crippen molar-refractivity contribution in [2.24, 2.45) is 11.7 Å². The van der Waals surface area contributed by atoms with Crippen LogP contribution >= 0.6 is 28.3 Å². The standard InChI is InChI=1S/C12H15BrFN.ClH/c13-10-5-9(6-11(14)7-10)12(15)8-3-1-2-4-8;/h5-8,12H,1-4,15H2;1H/t12-;/m0./s1. The van der Waals surface area contributed by atoms with Crippen LogP contribution in [-0.2, 0) is 0 Å². The summed E-state index contributed by atoms with van der Waals surface area (Å²) in [6, 6.07) is 4.92. The number of halogens is 3. The van der Waals surface area contributed by atoms with Gasteiger partial charge in [-0.1, -0.05) is 28.8 Å². The molecule has 16 heavy (non-hydrogen) atoms. The first kappa shape index (κ1) is 13.9. The lowest BCUT2D eigenvalue weighted by atomic mass is 9.92. The summed E-state index contributed by atoms with van der Waals surface area (Å²) < 4.78 is 14.0. The van der Waals surface area contributed by atoms with Crippen molar-refractivity contribution in [1.82, 2.24) is 0 Å². The SMILES string of the molecule is Cl.N[C@H](c1cc(F)cc(Br)c1)C1CCCC1. The molecule has 1 aromatic rings. The predicted molar refractivity (Wildman–Crippen MR) is 70.2 cm³/mol. The van der Waals surface area contributed by atoms with Crippen molar-refractivity contribution in [3.8, 4) is 0 Å². The quantitative estimate of drug-likeness (QED) is 0.870. The van der Waals surface area contributed by atoms with Gasteiger partial charge in [-0.15, -0.1) is 12.4 Å². The summed E-state index contributed by atoms with van der Waals surface area (Å²) in [5.74, 6) is 0.312. The number of hydrogen-bond donors (Lipinski definition) is 1. The van der Waals surface area contributed by atoms with Crippen LogP contribution in [0.1, 0.15) is 37.3 Å². The number of rotatable bonds is 2. The topological polar surface area (TPSA) is 26.0 Å². The minimum absolute atomic E-state index is 0. The second-order valence-electron chi connectivity index (χ2n) is 4.27. The Morgan fingerprint density at radius 2 is 1.88 bits per heavy atom. The number of nitrogens with two attached hydrogens (primary N) is 1. The molecule has 1 aromatic carbocycles. The maximum Gasteiger partial charge on any atom is 0.124 e. The number of hydrogen-bond acceptors (Lipinski definition) is 1. The Bertz CT molecular complexity index is 333. The third kappa shape index (κ3) is 3.19. The lowest BCUT2D eigenvalue weighted by Crippen LogP contribution is -2.19.